The summed E-state index contributed by atoms with van der Waals surface area (Å²) in [5, 5.41) is 2.96. The number of amides is 1. The molecule has 2 atom stereocenters. The molecule has 0 saturated heterocycles. The Kier molecular flexibility index (Phi) is 6.94. The maximum absolute atomic E-state index is 12.8. The molecular formula is C20H26N2O3S. The molecule has 140 valence electrons. The number of nitrogens with one attached hydrogen (secondary N) is 1. The number of aryl methyl sites for hydroxylation is 1. The van der Waals surface area contributed by atoms with Crippen molar-refractivity contribution in [1.29, 1.82) is 0 Å². The zero-order valence-corrected chi connectivity index (χ0v) is 16.2. The van der Waals surface area contributed by atoms with E-state index in [1.807, 2.05) is 31.2 Å². The first kappa shape index (κ1) is 20.1. The van der Waals surface area contributed by atoms with Crippen molar-refractivity contribution in [1.82, 2.24) is 9.62 Å². The maximum Gasteiger partial charge on any atom is 0.243 e. The fourth-order valence-electron chi connectivity index (χ4n) is 2.78. The van der Waals surface area contributed by atoms with Gasteiger partial charge < -0.3 is 5.32 Å². The number of likely N-dealkylation sites (N-methyl/N-ethyl adjacent to an activating group) is 1. The first-order valence-corrected chi connectivity index (χ1v) is 10.5. The van der Waals surface area contributed by atoms with Crippen LogP contribution < -0.4 is 5.32 Å². The van der Waals surface area contributed by atoms with Crippen LogP contribution in [0.25, 0.3) is 0 Å². The fraction of sp³-hybridized carbons (Fsp3) is 0.350. The highest BCUT2D eigenvalue weighted by molar-refractivity contribution is 7.88. The summed E-state index contributed by atoms with van der Waals surface area (Å²) in [5.74, 6) is -0.315. The molecule has 1 amide bonds. The first-order chi connectivity index (χ1) is 12.3. The maximum atomic E-state index is 12.8. The Morgan fingerprint density at radius 2 is 1.58 bits per heavy atom. The van der Waals surface area contributed by atoms with Crippen molar-refractivity contribution < 1.29 is 13.2 Å². The molecule has 1 N–H and O–H groups in total. The van der Waals surface area contributed by atoms with E-state index in [2.05, 4.69) is 17.4 Å². The summed E-state index contributed by atoms with van der Waals surface area (Å²) in [4.78, 5) is 12.8. The van der Waals surface area contributed by atoms with Gasteiger partial charge in [-0.3, -0.25) is 4.79 Å². The first-order valence-electron chi connectivity index (χ1n) is 8.61. The van der Waals surface area contributed by atoms with Gasteiger partial charge in [-0.15, -0.1) is 0 Å². The zero-order chi connectivity index (χ0) is 19.2. The molecule has 0 unspecified atom stereocenters. The highest BCUT2D eigenvalue weighted by Gasteiger charge is 2.31. The molecule has 5 nitrogen and oxygen atoms in total. The van der Waals surface area contributed by atoms with Crippen LogP contribution in [-0.2, 0) is 21.2 Å². The number of nitrogens with zero attached hydrogens (tertiary/aromatic N) is 1. The van der Waals surface area contributed by atoms with Gasteiger partial charge in [0.1, 0.15) is 6.04 Å². The van der Waals surface area contributed by atoms with Crippen molar-refractivity contribution in [3.63, 3.8) is 0 Å². The molecule has 0 heterocycles. The average Bonchev–Trinajstić information content (AvgIpc) is 2.61. The van der Waals surface area contributed by atoms with E-state index in [1.54, 1.807) is 24.3 Å². The van der Waals surface area contributed by atoms with Crippen LogP contribution in [0.15, 0.2) is 60.7 Å². The molecule has 2 aromatic carbocycles. The van der Waals surface area contributed by atoms with E-state index in [0.717, 1.165) is 23.4 Å². The Labute approximate surface area is 156 Å². The van der Waals surface area contributed by atoms with Crippen LogP contribution in [0.4, 0.5) is 0 Å². The Hall–Kier alpha value is -2.18. The summed E-state index contributed by atoms with van der Waals surface area (Å²) >= 11 is 0. The highest BCUT2D eigenvalue weighted by atomic mass is 32.2. The van der Waals surface area contributed by atoms with E-state index in [-0.39, 0.29) is 11.9 Å². The van der Waals surface area contributed by atoms with Crippen molar-refractivity contribution in [2.24, 2.45) is 0 Å². The van der Waals surface area contributed by atoms with Gasteiger partial charge in [-0.1, -0.05) is 60.7 Å². The van der Waals surface area contributed by atoms with Gasteiger partial charge in [0, 0.05) is 13.1 Å². The summed E-state index contributed by atoms with van der Waals surface area (Å²) in [5.41, 5.74) is 1.86. The summed E-state index contributed by atoms with van der Waals surface area (Å²) < 4.78 is 25.1. The van der Waals surface area contributed by atoms with Gasteiger partial charge in [-0.05, 0) is 30.9 Å². The molecule has 0 fully saturated rings. The van der Waals surface area contributed by atoms with Crippen molar-refractivity contribution in [3.05, 3.63) is 71.8 Å². The lowest BCUT2D eigenvalue weighted by molar-refractivity contribution is -0.125. The number of hydrogen-bond donors (Lipinski definition) is 1. The number of carbonyl (C=O) groups is 1. The zero-order valence-electron chi connectivity index (χ0n) is 15.4. The molecule has 0 aliphatic rings. The molecule has 2 rings (SSSR count). The van der Waals surface area contributed by atoms with Gasteiger partial charge in [0.05, 0.1) is 6.26 Å². The molecule has 2 aromatic rings. The third-order valence-electron chi connectivity index (χ3n) is 4.35. The van der Waals surface area contributed by atoms with Gasteiger partial charge in [-0.25, -0.2) is 8.42 Å². The van der Waals surface area contributed by atoms with Crippen LogP contribution in [0.2, 0.25) is 0 Å². The van der Waals surface area contributed by atoms with E-state index < -0.39 is 16.1 Å². The van der Waals surface area contributed by atoms with Gasteiger partial charge in [0.15, 0.2) is 0 Å². The topological polar surface area (TPSA) is 66.5 Å². The van der Waals surface area contributed by atoms with Crippen LogP contribution in [0.5, 0.6) is 0 Å². The van der Waals surface area contributed by atoms with E-state index in [4.69, 9.17) is 0 Å². The third kappa shape index (κ3) is 5.68. The minimum Gasteiger partial charge on any atom is -0.352 e. The van der Waals surface area contributed by atoms with Crippen LogP contribution in [0.3, 0.4) is 0 Å². The molecule has 0 aliphatic carbocycles. The average molecular weight is 375 g/mol. The predicted molar refractivity (Wildman–Crippen MR) is 104 cm³/mol. The summed E-state index contributed by atoms with van der Waals surface area (Å²) in [6, 6.07) is 18.1. The Balaban J connectivity index is 2.08. The standard InChI is InChI=1S/C20H26N2O3S/c1-16(14-15-17-10-6-4-7-11-17)21-20(23)19(22(2)26(3,24)25)18-12-8-5-9-13-18/h4-13,16,19H,14-15H2,1-3H3,(H,21,23)/t16-,19+/m1/s1. The quantitative estimate of drug-likeness (QED) is 0.773. The van der Waals surface area contributed by atoms with E-state index in [0.29, 0.717) is 5.56 Å². The van der Waals surface area contributed by atoms with Crippen LogP contribution in [0.1, 0.15) is 30.5 Å². The van der Waals surface area contributed by atoms with E-state index in [9.17, 15) is 13.2 Å². The summed E-state index contributed by atoms with van der Waals surface area (Å²) in [6.07, 6.45) is 2.73. The molecule has 0 saturated carbocycles. The lowest BCUT2D eigenvalue weighted by atomic mass is 10.0. The lowest BCUT2D eigenvalue weighted by Crippen LogP contribution is -2.44. The number of benzene rings is 2. The van der Waals surface area contributed by atoms with Crippen LogP contribution in [-0.4, -0.2) is 38.0 Å². The van der Waals surface area contributed by atoms with Gasteiger partial charge in [-0.2, -0.15) is 4.31 Å². The summed E-state index contributed by atoms with van der Waals surface area (Å²) in [7, 11) is -2.08. The number of carbonyl (C=O) groups excluding carboxylic acids is 1. The normalized spacial score (nSPS) is 14.0. The minimum atomic E-state index is -3.51. The van der Waals surface area contributed by atoms with Gasteiger partial charge in [0.25, 0.3) is 0 Å². The van der Waals surface area contributed by atoms with E-state index in [1.165, 1.54) is 12.6 Å². The molecule has 6 heteroatoms. The van der Waals surface area contributed by atoms with Crippen molar-refractivity contribution in [2.75, 3.05) is 13.3 Å². The van der Waals surface area contributed by atoms with Crippen molar-refractivity contribution in [3.8, 4) is 0 Å². The van der Waals surface area contributed by atoms with E-state index >= 15 is 0 Å². The largest absolute Gasteiger partial charge is 0.352 e. The second-order valence-electron chi connectivity index (χ2n) is 6.53. The van der Waals surface area contributed by atoms with Crippen molar-refractivity contribution in [2.45, 2.75) is 31.8 Å². The molecule has 0 aliphatic heterocycles. The monoisotopic (exact) mass is 374 g/mol. The minimum absolute atomic E-state index is 0.0677. The molecule has 0 radical (unpaired) electrons. The molecule has 0 aromatic heterocycles. The molecule has 0 bridgehead atoms. The van der Waals surface area contributed by atoms with Gasteiger partial charge in [0.2, 0.25) is 15.9 Å². The lowest BCUT2D eigenvalue weighted by Gasteiger charge is -2.27. The van der Waals surface area contributed by atoms with Crippen molar-refractivity contribution >= 4 is 15.9 Å². The van der Waals surface area contributed by atoms with Crippen LogP contribution in [0, 0.1) is 0 Å². The molecule has 26 heavy (non-hydrogen) atoms. The number of hydrogen-bond acceptors (Lipinski definition) is 3. The van der Waals surface area contributed by atoms with Gasteiger partial charge >= 0.3 is 0 Å². The fourth-order valence-corrected chi connectivity index (χ4v) is 3.38. The number of sulfonamides is 1. The van der Waals surface area contributed by atoms with Crippen LogP contribution >= 0.6 is 0 Å². The SMILES string of the molecule is C[C@H](CCc1ccccc1)NC(=O)[C@H](c1ccccc1)N(C)S(C)(=O)=O. The molecule has 0 spiro atoms. The predicted octanol–water partition coefficient (Wildman–Crippen LogP) is 2.76. The Bertz CT molecular complexity index is 807. The molecular weight excluding hydrogens is 348 g/mol. The summed E-state index contributed by atoms with van der Waals surface area (Å²) in [6.45, 7) is 1.93. The smallest absolute Gasteiger partial charge is 0.243 e. The second kappa shape index (κ2) is 8.96. The Morgan fingerprint density at radius 3 is 2.12 bits per heavy atom. The second-order valence-corrected chi connectivity index (χ2v) is 8.57. The Morgan fingerprint density at radius 1 is 1.04 bits per heavy atom. The number of rotatable bonds is 8. The highest BCUT2D eigenvalue weighted by Crippen LogP contribution is 2.22. The third-order valence-corrected chi connectivity index (χ3v) is 5.60.